The number of hydrogen-bond donors (Lipinski definition) is 0. The summed E-state index contributed by atoms with van der Waals surface area (Å²) in [6, 6.07) is 8.78. The van der Waals surface area contributed by atoms with Gasteiger partial charge in [-0.3, -0.25) is 0 Å². The molecule has 1 heterocycles. The van der Waals surface area contributed by atoms with E-state index in [0.717, 1.165) is 38.1 Å². The van der Waals surface area contributed by atoms with Crippen LogP contribution in [0.5, 0.6) is 0 Å². The molecule has 1 unspecified atom stereocenters. The summed E-state index contributed by atoms with van der Waals surface area (Å²) in [5, 5.41) is 0. The molecule has 0 spiro atoms. The molecule has 0 saturated carbocycles. The molecule has 2 heteroatoms. The number of carbonyl (C=O) groups excluding carboxylic acids is 1. The Balaban J connectivity index is 1.55. The maximum absolute atomic E-state index is 10.7. The van der Waals surface area contributed by atoms with E-state index in [9.17, 15) is 4.79 Å². The summed E-state index contributed by atoms with van der Waals surface area (Å²) in [4.78, 5) is 13.2. The highest BCUT2D eigenvalue weighted by atomic mass is 16.1. The van der Waals surface area contributed by atoms with Gasteiger partial charge >= 0.3 is 0 Å². The minimum absolute atomic E-state index is 0.319. The number of hydrogen-bond acceptors (Lipinski definition) is 2. The molecule has 1 saturated heterocycles. The molecule has 90 valence electrons. The van der Waals surface area contributed by atoms with E-state index < -0.39 is 0 Å². The Kier molecular flexibility index (Phi) is 2.98. The third-order valence-corrected chi connectivity index (χ3v) is 4.26. The summed E-state index contributed by atoms with van der Waals surface area (Å²) in [6.45, 7) is 3.38. The first kappa shape index (κ1) is 11.0. The van der Waals surface area contributed by atoms with E-state index in [4.69, 9.17) is 0 Å². The second-order valence-electron chi connectivity index (χ2n) is 5.37. The fraction of sp³-hybridized carbons (Fsp3) is 0.533. The van der Waals surface area contributed by atoms with Gasteiger partial charge in [-0.1, -0.05) is 24.3 Å². The highest BCUT2D eigenvalue weighted by Crippen LogP contribution is 2.35. The second-order valence-corrected chi connectivity index (χ2v) is 5.37. The number of carbonyl (C=O) groups is 1. The lowest BCUT2D eigenvalue weighted by molar-refractivity contribution is -0.112. The Labute approximate surface area is 103 Å². The summed E-state index contributed by atoms with van der Waals surface area (Å²) in [5.74, 6) is 1.05. The number of piperidine rings is 1. The Hall–Kier alpha value is -1.15. The fourth-order valence-electron chi connectivity index (χ4n) is 3.11. The summed E-state index contributed by atoms with van der Waals surface area (Å²) in [6.07, 6.45) is 4.48. The van der Waals surface area contributed by atoms with Crippen LogP contribution in [0.2, 0.25) is 0 Å². The monoisotopic (exact) mass is 229 g/mol. The van der Waals surface area contributed by atoms with Crippen LogP contribution in [0.1, 0.15) is 29.9 Å². The minimum Gasteiger partial charge on any atom is -0.303 e. The van der Waals surface area contributed by atoms with Gasteiger partial charge in [0.1, 0.15) is 6.29 Å². The summed E-state index contributed by atoms with van der Waals surface area (Å²) in [7, 11) is 0. The maximum atomic E-state index is 10.7. The topological polar surface area (TPSA) is 20.3 Å². The zero-order valence-electron chi connectivity index (χ0n) is 10.1. The normalized spacial score (nSPS) is 25.1. The van der Waals surface area contributed by atoms with Crippen LogP contribution in [-0.4, -0.2) is 30.8 Å². The minimum atomic E-state index is 0.319. The Morgan fingerprint density at radius 1 is 1.24 bits per heavy atom. The number of aldehydes is 1. The summed E-state index contributed by atoms with van der Waals surface area (Å²) >= 11 is 0. The molecule has 1 aromatic carbocycles. The Bertz CT molecular complexity index is 407. The van der Waals surface area contributed by atoms with E-state index in [-0.39, 0.29) is 0 Å². The number of likely N-dealkylation sites (tertiary alicyclic amines) is 1. The lowest BCUT2D eigenvalue weighted by Gasteiger charge is -2.37. The molecular formula is C15H19NO. The maximum Gasteiger partial charge on any atom is 0.123 e. The molecule has 0 amide bonds. The van der Waals surface area contributed by atoms with Crippen molar-refractivity contribution < 1.29 is 4.79 Å². The van der Waals surface area contributed by atoms with Crippen LogP contribution in [0.25, 0.3) is 0 Å². The predicted octanol–water partition coefficient (Wildman–Crippen LogP) is 2.24. The van der Waals surface area contributed by atoms with Gasteiger partial charge in [0.25, 0.3) is 0 Å². The van der Waals surface area contributed by atoms with Crippen molar-refractivity contribution in [2.75, 3.05) is 19.6 Å². The Morgan fingerprint density at radius 2 is 2.00 bits per heavy atom. The lowest BCUT2D eigenvalue weighted by atomic mass is 9.77. The van der Waals surface area contributed by atoms with Crippen molar-refractivity contribution in [1.82, 2.24) is 4.90 Å². The van der Waals surface area contributed by atoms with Crippen LogP contribution in [0, 0.1) is 5.92 Å². The molecular weight excluding hydrogens is 210 g/mol. The van der Waals surface area contributed by atoms with E-state index in [0.29, 0.717) is 5.92 Å². The molecule has 1 atom stereocenters. The SMILES string of the molecule is O=CC1CCN(CC2Cc3ccccc32)CC1. The highest BCUT2D eigenvalue weighted by molar-refractivity contribution is 5.53. The third kappa shape index (κ3) is 2.14. The number of nitrogens with zero attached hydrogens (tertiary/aromatic N) is 1. The van der Waals surface area contributed by atoms with Crippen LogP contribution >= 0.6 is 0 Å². The standard InChI is InChI=1S/C15H19NO/c17-11-12-5-7-16(8-6-12)10-14-9-13-3-1-2-4-15(13)14/h1-4,11-12,14H,5-10H2. The van der Waals surface area contributed by atoms with Crippen LogP contribution in [0.3, 0.4) is 0 Å². The molecule has 3 rings (SSSR count). The molecule has 1 aliphatic heterocycles. The first-order valence-corrected chi connectivity index (χ1v) is 6.62. The molecule has 1 aliphatic carbocycles. The highest BCUT2D eigenvalue weighted by Gasteiger charge is 2.28. The summed E-state index contributed by atoms with van der Waals surface area (Å²) in [5.41, 5.74) is 3.07. The van der Waals surface area contributed by atoms with Crippen LogP contribution in [0.4, 0.5) is 0 Å². The first-order valence-electron chi connectivity index (χ1n) is 6.62. The molecule has 0 radical (unpaired) electrons. The second kappa shape index (κ2) is 4.61. The van der Waals surface area contributed by atoms with Gasteiger partial charge in [-0.25, -0.2) is 0 Å². The lowest BCUT2D eigenvalue weighted by Crippen LogP contribution is -2.39. The van der Waals surface area contributed by atoms with Gasteiger partial charge in [-0.05, 0) is 43.5 Å². The van der Waals surface area contributed by atoms with Gasteiger partial charge in [0.2, 0.25) is 0 Å². The Morgan fingerprint density at radius 3 is 2.71 bits per heavy atom. The quantitative estimate of drug-likeness (QED) is 0.741. The van der Waals surface area contributed by atoms with Crippen molar-refractivity contribution >= 4 is 6.29 Å². The van der Waals surface area contributed by atoms with Gasteiger partial charge in [0.15, 0.2) is 0 Å². The van der Waals surface area contributed by atoms with Gasteiger partial charge in [0, 0.05) is 18.4 Å². The van der Waals surface area contributed by atoms with Gasteiger partial charge < -0.3 is 9.69 Å². The van der Waals surface area contributed by atoms with Crippen LogP contribution in [0.15, 0.2) is 24.3 Å². The largest absolute Gasteiger partial charge is 0.303 e. The van der Waals surface area contributed by atoms with Crippen molar-refractivity contribution in [3.63, 3.8) is 0 Å². The number of rotatable bonds is 3. The molecule has 2 nitrogen and oxygen atoms in total. The molecule has 17 heavy (non-hydrogen) atoms. The van der Waals surface area contributed by atoms with E-state index in [2.05, 4.69) is 29.2 Å². The molecule has 1 aromatic rings. The third-order valence-electron chi connectivity index (χ3n) is 4.26. The smallest absolute Gasteiger partial charge is 0.123 e. The van der Waals surface area contributed by atoms with Crippen molar-refractivity contribution in [2.24, 2.45) is 5.92 Å². The van der Waals surface area contributed by atoms with E-state index in [1.54, 1.807) is 5.56 Å². The summed E-state index contributed by atoms with van der Waals surface area (Å²) < 4.78 is 0. The van der Waals surface area contributed by atoms with E-state index >= 15 is 0 Å². The van der Waals surface area contributed by atoms with Crippen molar-refractivity contribution in [1.29, 1.82) is 0 Å². The molecule has 0 N–H and O–H groups in total. The zero-order valence-corrected chi connectivity index (χ0v) is 10.1. The van der Waals surface area contributed by atoms with Crippen LogP contribution < -0.4 is 0 Å². The van der Waals surface area contributed by atoms with Gasteiger partial charge in [-0.2, -0.15) is 0 Å². The van der Waals surface area contributed by atoms with Crippen molar-refractivity contribution in [3.05, 3.63) is 35.4 Å². The first-order chi connectivity index (χ1) is 8.36. The average Bonchev–Trinajstić information content (AvgIpc) is 2.37. The molecule has 0 aromatic heterocycles. The molecule has 1 fully saturated rings. The average molecular weight is 229 g/mol. The van der Waals surface area contributed by atoms with Crippen molar-refractivity contribution in [2.45, 2.75) is 25.2 Å². The molecule has 2 aliphatic rings. The van der Waals surface area contributed by atoms with E-state index in [1.807, 2.05) is 0 Å². The zero-order chi connectivity index (χ0) is 11.7. The number of fused-ring (bicyclic) bond motifs is 1. The van der Waals surface area contributed by atoms with Crippen LogP contribution in [-0.2, 0) is 11.2 Å². The number of benzene rings is 1. The van der Waals surface area contributed by atoms with Gasteiger partial charge in [0.05, 0.1) is 0 Å². The van der Waals surface area contributed by atoms with E-state index in [1.165, 1.54) is 18.5 Å². The van der Waals surface area contributed by atoms with Gasteiger partial charge in [-0.15, -0.1) is 0 Å². The molecule has 0 bridgehead atoms. The predicted molar refractivity (Wildman–Crippen MR) is 68.1 cm³/mol. The van der Waals surface area contributed by atoms with Crippen molar-refractivity contribution in [3.8, 4) is 0 Å². The fourth-order valence-corrected chi connectivity index (χ4v) is 3.11.